The lowest BCUT2D eigenvalue weighted by Crippen LogP contribution is -1.85. The van der Waals surface area contributed by atoms with Gasteiger partial charge in [0.25, 0.3) is 0 Å². The molecule has 70 valence electrons. The predicted molar refractivity (Wildman–Crippen MR) is 69.0 cm³/mol. The molecule has 0 unspecified atom stereocenters. The number of hydrogen-bond acceptors (Lipinski definition) is 1. The zero-order chi connectivity index (χ0) is 9.97. The van der Waals surface area contributed by atoms with E-state index >= 15 is 0 Å². The van der Waals surface area contributed by atoms with Gasteiger partial charge in [0, 0.05) is 9.26 Å². The number of nitrogen functional groups attached to an aromatic ring is 1. The summed E-state index contributed by atoms with van der Waals surface area (Å²) < 4.78 is 1.26. The Morgan fingerprint density at radius 3 is 2.14 bits per heavy atom. The van der Waals surface area contributed by atoms with Crippen molar-refractivity contribution < 1.29 is 0 Å². The van der Waals surface area contributed by atoms with E-state index in [1.54, 1.807) is 0 Å². The van der Waals surface area contributed by atoms with Crippen LogP contribution in [-0.2, 0) is 0 Å². The molecule has 0 spiro atoms. The largest absolute Gasteiger partial charge is 0.399 e. The zero-order valence-electron chi connectivity index (χ0n) is 7.57. The van der Waals surface area contributed by atoms with Crippen molar-refractivity contribution in [1.29, 1.82) is 0 Å². The Labute approximate surface area is 97.1 Å². The molecule has 2 aromatic rings. The van der Waals surface area contributed by atoms with Crippen molar-refractivity contribution in [2.24, 2.45) is 0 Å². The summed E-state index contributed by atoms with van der Waals surface area (Å²) in [4.78, 5) is 0. The Morgan fingerprint density at radius 1 is 0.857 bits per heavy atom. The maximum atomic E-state index is 5.64. The van der Waals surface area contributed by atoms with Gasteiger partial charge in [-0.25, -0.2) is 0 Å². The van der Waals surface area contributed by atoms with Crippen LogP contribution in [0.3, 0.4) is 0 Å². The van der Waals surface area contributed by atoms with Crippen LogP contribution in [-0.4, -0.2) is 0 Å². The molecule has 2 aromatic carbocycles. The molecule has 2 N–H and O–H groups in total. The van der Waals surface area contributed by atoms with E-state index in [1.165, 1.54) is 14.7 Å². The van der Waals surface area contributed by atoms with Crippen LogP contribution in [0.25, 0.3) is 11.1 Å². The van der Waals surface area contributed by atoms with Crippen LogP contribution in [0.1, 0.15) is 0 Å². The Bertz CT molecular complexity index is 434. The number of hydrogen-bond donors (Lipinski definition) is 1. The molecule has 0 saturated heterocycles. The molecule has 0 amide bonds. The first-order valence-electron chi connectivity index (χ1n) is 4.38. The summed E-state index contributed by atoms with van der Waals surface area (Å²) in [6.45, 7) is 0. The van der Waals surface area contributed by atoms with E-state index in [-0.39, 0.29) is 0 Å². The van der Waals surface area contributed by atoms with E-state index < -0.39 is 0 Å². The summed E-state index contributed by atoms with van der Waals surface area (Å²) in [5.74, 6) is 0. The Kier molecular flexibility index (Phi) is 2.72. The van der Waals surface area contributed by atoms with Gasteiger partial charge >= 0.3 is 0 Å². The molecule has 2 heteroatoms. The Morgan fingerprint density at radius 2 is 1.50 bits per heavy atom. The number of anilines is 1. The second-order valence-corrected chi connectivity index (χ2v) is 4.26. The molecule has 1 nitrogen and oxygen atoms in total. The first-order valence-corrected chi connectivity index (χ1v) is 5.46. The van der Waals surface area contributed by atoms with E-state index in [9.17, 15) is 0 Å². The zero-order valence-corrected chi connectivity index (χ0v) is 9.73. The standard InChI is InChI=1S/C12H10IN/c13-12-4-2-1-3-11(12)9-5-7-10(14)8-6-9/h1-8H,14H2. The second-order valence-electron chi connectivity index (χ2n) is 3.10. The van der Waals surface area contributed by atoms with Crippen LogP contribution < -0.4 is 5.73 Å². The smallest absolute Gasteiger partial charge is 0.0314 e. The van der Waals surface area contributed by atoms with Gasteiger partial charge in [0.1, 0.15) is 0 Å². The fraction of sp³-hybridized carbons (Fsp3) is 0. The second kappa shape index (κ2) is 4.00. The fourth-order valence-corrected chi connectivity index (χ4v) is 2.06. The van der Waals surface area contributed by atoms with Crippen molar-refractivity contribution in [3.05, 3.63) is 52.1 Å². The topological polar surface area (TPSA) is 26.0 Å². The van der Waals surface area contributed by atoms with Gasteiger partial charge in [0.2, 0.25) is 0 Å². The highest BCUT2D eigenvalue weighted by Crippen LogP contribution is 2.25. The molecule has 0 aliphatic rings. The van der Waals surface area contributed by atoms with Crippen LogP contribution in [0.15, 0.2) is 48.5 Å². The van der Waals surface area contributed by atoms with E-state index in [2.05, 4.69) is 34.7 Å². The molecule has 0 aliphatic heterocycles. The molecular formula is C12H10IN. The van der Waals surface area contributed by atoms with E-state index in [4.69, 9.17) is 5.73 Å². The molecule has 0 fully saturated rings. The van der Waals surface area contributed by atoms with Gasteiger partial charge in [0.15, 0.2) is 0 Å². The maximum absolute atomic E-state index is 5.64. The minimum absolute atomic E-state index is 0.805. The number of nitrogens with two attached hydrogens (primary N) is 1. The quantitative estimate of drug-likeness (QED) is 0.632. The average molecular weight is 295 g/mol. The number of rotatable bonds is 1. The lowest BCUT2D eigenvalue weighted by molar-refractivity contribution is 1.58. The highest BCUT2D eigenvalue weighted by atomic mass is 127. The summed E-state index contributed by atoms with van der Waals surface area (Å²) >= 11 is 2.34. The van der Waals surface area contributed by atoms with Gasteiger partial charge in [-0.05, 0) is 51.9 Å². The normalized spacial score (nSPS) is 10.1. The van der Waals surface area contributed by atoms with Crippen LogP contribution in [0.2, 0.25) is 0 Å². The maximum Gasteiger partial charge on any atom is 0.0314 e. The van der Waals surface area contributed by atoms with Crippen molar-refractivity contribution in [2.75, 3.05) is 5.73 Å². The summed E-state index contributed by atoms with van der Waals surface area (Å²) in [7, 11) is 0. The van der Waals surface area contributed by atoms with Gasteiger partial charge in [-0.1, -0.05) is 30.3 Å². The van der Waals surface area contributed by atoms with E-state index in [0.29, 0.717) is 0 Å². The molecule has 0 saturated carbocycles. The Hall–Kier alpha value is -1.03. The lowest BCUT2D eigenvalue weighted by Gasteiger charge is -2.04. The molecule has 0 heterocycles. The van der Waals surface area contributed by atoms with E-state index in [0.717, 1.165) is 5.69 Å². The number of halogens is 1. The van der Waals surface area contributed by atoms with Gasteiger partial charge in [-0.2, -0.15) is 0 Å². The van der Waals surface area contributed by atoms with Gasteiger partial charge in [-0.15, -0.1) is 0 Å². The lowest BCUT2D eigenvalue weighted by atomic mass is 10.1. The summed E-state index contributed by atoms with van der Waals surface area (Å²) in [5, 5.41) is 0. The van der Waals surface area contributed by atoms with Crippen LogP contribution in [0.4, 0.5) is 5.69 Å². The highest BCUT2D eigenvalue weighted by Gasteiger charge is 2.00. The molecule has 0 aromatic heterocycles. The van der Waals surface area contributed by atoms with Crippen molar-refractivity contribution in [3.63, 3.8) is 0 Å². The SMILES string of the molecule is Nc1ccc(-c2ccccc2I)cc1. The third-order valence-corrected chi connectivity index (χ3v) is 3.04. The minimum Gasteiger partial charge on any atom is -0.399 e. The van der Waals surface area contributed by atoms with Crippen LogP contribution in [0.5, 0.6) is 0 Å². The molecule has 0 atom stereocenters. The Balaban J connectivity index is 2.50. The molecule has 0 aliphatic carbocycles. The summed E-state index contributed by atoms with van der Waals surface area (Å²) in [5.41, 5.74) is 8.92. The van der Waals surface area contributed by atoms with E-state index in [1.807, 2.05) is 36.4 Å². The first-order chi connectivity index (χ1) is 6.77. The molecule has 14 heavy (non-hydrogen) atoms. The van der Waals surface area contributed by atoms with Gasteiger partial charge in [-0.3, -0.25) is 0 Å². The average Bonchev–Trinajstić information content (AvgIpc) is 2.20. The molecule has 2 rings (SSSR count). The highest BCUT2D eigenvalue weighted by molar-refractivity contribution is 14.1. The first kappa shape index (κ1) is 9.52. The van der Waals surface area contributed by atoms with Crippen molar-refractivity contribution in [3.8, 4) is 11.1 Å². The minimum atomic E-state index is 0.805. The predicted octanol–water partition coefficient (Wildman–Crippen LogP) is 3.54. The monoisotopic (exact) mass is 295 g/mol. The van der Waals surface area contributed by atoms with Gasteiger partial charge in [0.05, 0.1) is 0 Å². The third kappa shape index (κ3) is 1.90. The molecular weight excluding hydrogens is 285 g/mol. The fourth-order valence-electron chi connectivity index (χ4n) is 1.36. The molecule has 0 bridgehead atoms. The van der Waals surface area contributed by atoms with Crippen molar-refractivity contribution in [2.45, 2.75) is 0 Å². The van der Waals surface area contributed by atoms with Crippen molar-refractivity contribution in [1.82, 2.24) is 0 Å². The third-order valence-electron chi connectivity index (χ3n) is 2.10. The number of benzene rings is 2. The molecule has 0 radical (unpaired) electrons. The summed E-state index contributed by atoms with van der Waals surface area (Å²) in [6, 6.07) is 16.3. The van der Waals surface area contributed by atoms with Crippen LogP contribution >= 0.6 is 22.6 Å². The van der Waals surface area contributed by atoms with Crippen LogP contribution in [0, 0.1) is 3.57 Å². The summed E-state index contributed by atoms with van der Waals surface area (Å²) in [6.07, 6.45) is 0. The van der Waals surface area contributed by atoms with Gasteiger partial charge < -0.3 is 5.73 Å². The van der Waals surface area contributed by atoms with Crippen molar-refractivity contribution >= 4 is 28.3 Å².